The number of carbonyl (C=O) groups is 1. The minimum absolute atomic E-state index is 0.160. The van der Waals surface area contributed by atoms with Gasteiger partial charge in [0, 0.05) is 43.2 Å². The number of nitrogens with zero attached hydrogens (tertiary/aromatic N) is 2. The number of primary amides is 1. The molecule has 2 aromatic carbocycles. The number of rotatable bonds is 7. The highest BCUT2D eigenvalue weighted by Gasteiger charge is 2.27. The van der Waals surface area contributed by atoms with Gasteiger partial charge >= 0.3 is 0 Å². The number of aliphatic hydroxyl groups is 1. The molecular weight excluding hydrogens is 446 g/mol. The van der Waals surface area contributed by atoms with Gasteiger partial charge < -0.3 is 30.0 Å². The van der Waals surface area contributed by atoms with Crippen LogP contribution in [0.4, 0.5) is 5.69 Å². The zero-order valence-corrected chi connectivity index (χ0v) is 19.6. The number of nitrogens with two attached hydrogens (primary N) is 1. The van der Waals surface area contributed by atoms with Crippen molar-refractivity contribution < 1.29 is 24.1 Å². The molecule has 1 amide bonds. The van der Waals surface area contributed by atoms with Crippen molar-refractivity contribution in [1.29, 1.82) is 0 Å². The molecule has 2 aliphatic heterocycles. The molecule has 2 heterocycles. The first kappa shape index (κ1) is 23.4. The molecule has 0 radical (unpaired) electrons. The van der Waals surface area contributed by atoms with Crippen molar-refractivity contribution in [2.24, 2.45) is 5.73 Å². The molecule has 1 aliphatic carbocycles. The van der Waals surface area contributed by atoms with Gasteiger partial charge in [0.2, 0.25) is 5.91 Å². The van der Waals surface area contributed by atoms with Gasteiger partial charge in [-0.2, -0.15) is 0 Å². The number of allylic oxidation sites excluding steroid dienone is 3. The molecule has 3 N–H and O–H groups in total. The monoisotopic (exact) mass is 477 g/mol. The van der Waals surface area contributed by atoms with Crippen LogP contribution in [0.25, 0.3) is 0 Å². The summed E-state index contributed by atoms with van der Waals surface area (Å²) < 4.78 is 17.0. The minimum atomic E-state index is -0.823. The zero-order valence-electron chi connectivity index (χ0n) is 19.6. The van der Waals surface area contributed by atoms with Crippen LogP contribution < -0.4 is 10.6 Å². The van der Waals surface area contributed by atoms with E-state index in [1.54, 1.807) is 12.1 Å². The predicted octanol–water partition coefficient (Wildman–Crippen LogP) is 2.70. The van der Waals surface area contributed by atoms with Crippen molar-refractivity contribution in [1.82, 2.24) is 4.90 Å². The lowest BCUT2D eigenvalue weighted by molar-refractivity contribution is -0.0597. The van der Waals surface area contributed by atoms with Crippen molar-refractivity contribution in [3.05, 3.63) is 88.9 Å². The van der Waals surface area contributed by atoms with E-state index in [0.717, 1.165) is 34.8 Å². The maximum Gasteiger partial charge on any atom is 0.248 e. The maximum atomic E-state index is 11.5. The summed E-state index contributed by atoms with van der Waals surface area (Å²) >= 11 is 0. The summed E-state index contributed by atoms with van der Waals surface area (Å²) in [6, 6.07) is 15.5. The zero-order chi connectivity index (χ0) is 24.2. The molecule has 0 bridgehead atoms. The van der Waals surface area contributed by atoms with Crippen LogP contribution in [0.3, 0.4) is 0 Å². The van der Waals surface area contributed by atoms with Crippen molar-refractivity contribution in [3.8, 4) is 0 Å². The van der Waals surface area contributed by atoms with Gasteiger partial charge in [0.05, 0.1) is 13.2 Å². The summed E-state index contributed by atoms with van der Waals surface area (Å²) in [6.45, 7) is 4.10. The molecule has 1 fully saturated rings. The highest BCUT2D eigenvalue weighted by molar-refractivity contribution is 5.92. The average Bonchev–Trinajstić information content (AvgIpc) is 2.92. The Bertz CT molecular complexity index is 1110. The van der Waals surface area contributed by atoms with Gasteiger partial charge in [-0.05, 0) is 41.5 Å². The number of aliphatic hydroxyl groups excluding tert-OH is 1. The molecule has 1 saturated heterocycles. The number of amides is 1. The molecule has 0 aromatic heterocycles. The van der Waals surface area contributed by atoms with Crippen molar-refractivity contribution in [3.63, 3.8) is 0 Å². The summed E-state index contributed by atoms with van der Waals surface area (Å²) in [7, 11) is 0. The Morgan fingerprint density at radius 3 is 2.63 bits per heavy atom. The molecule has 2 aromatic rings. The normalized spacial score (nSPS) is 21.0. The standard InChI is InChI=1S/C27H31N3O5/c28-26(31)20-6-4-19(5-7-20)18-30(27(32)29-10-12-33-13-11-29)23-3-1-2-21(16-23)22-8-9-24-25(17-22)35-15-14-34-24/h1-9,16,22,27,32H,10-15,17-18H2,(H2,28,31). The highest BCUT2D eigenvalue weighted by atomic mass is 16.6. The van der Waals surface area contributed by atoms with Crippen LogP contribution >= 0.6 is 0 Å². The fraction of sp³-hybridized carbons (Fsp3) is 0.370. The van der Waals surface area contributed by atoms with Crippen LogP contribution in [0.5, 0.6) is 0 Å². The van der Waals surface area contributed by atoms with E-state index in [-0.39, 0.29) is 5.92 Å². The lowest BCUT2D eigenvalue weighted by Gasteiger charge is -2.39. The van der Waals surface area contributed by atoms with E-state index in [1.165, 1.54) is 0 Å². The van der Waals surface area contributed by atoms with Crippen molar-refractivity contribution >= 4 is 11.6 Å². The Kier molecular flexibility index (Phi) is 7.03. The number of morpholine rings is 1. The lowest BCUT2D eigenvalue weighted by atomic mass is 9.90. The molecule has 8 heteroatoms. The summed E-state index contributed by atoms with van der Waals surface area (Å²) in [5.74, 6) is 1.43. The number of hydrogen-bond acceptors (Lipinski definition) is 7. The van der Waals surface area contributed by atoms with E-state index in [9.17, 15) is 9.90 Å². The number of hydrogen-bond donors (Lipinski definition) is 2. The van der Waals surface area contributed by atoms with Gasteiger partial charge in [-0.3, -0.25) is 9.69 Å². The summed E-state index contributed by atoms with van der Waals surface area (Å²) in [6.07, 6.45) is 4.07. The van der Waals surface area contributed by atoms with E-state index < -0.39 is 12.3 Å². The van der Waals surface area contributed by atoms with E-state index in [0.29, 0.717) is 51.6 Å². The molecule has 3 aliphatic rings. The number of anilines is 1. The fourth-order valence-corrected chi connectivity index (χ4v) is 4.69. The lowest BCUT2D eigenvalue weighted by Crippen LogP contribution is -2.52. The van der Waals surface area contributed by atoms with Gasteiger partial charge in [-0.25, -0.2) is 0 Å². The second-order valence-electron chi connectivity index (χ2n) is 8.93. The third kappa shape index (κ3) is 5.35. The van der Waals surface area contributed by atoms with Crippen LogP contribution in [0.15, 0.2) is 72.2 Å². The second-order valence-corrected chi connectivity index (χ2v) is 8.93. The van der Waals surface area contributed by atoms with E-state index >= 15 is 0 Å². The van der Waals surface area contributed by atoms with Crippen LogP contribution in [-0.2, 0) is 20.8 Å². The Labute approximate surface area is 205 Å². The van der Waals surface area contributed by atoms with Gasteiger partial charge in [0.15, 0.2) is 12.1 Å². The Hall–Kier alpha value is -3.33. The first-order valence-electron chi connectivity index (χ1n) is 12.0. The van der Waals surface area contributed by atoms with Crippen molar-refractivity contribution in [2.75, 3.05) is 44.4 Å². The quantitative estimate of drug-likeness (QED) is 0.592. The van der Waals surface area contributed by atoms with Crippen LogP contribution in [-0.4, -0.2) is 61.8 Å². The molecule has 0 spiro atoms. The Balaban J connectivity index is 1.41. The van der Waals surface area contributed by atoms with E-state index in [4.69, 9.17) is 19.9 Å². The number of benzene rings is 2. The van der Waals surface area contributed by atoms with Crippen LogP contribution in [0.2, 0.25) is 0 Å². The summed E-state index contributed by atoms with van der Waals surface area (Å²) in [5, 5.41) is 11.4. The SMILES string of the molecule is NC(=O)c1ccc(CN(c2cccc(C3C=CC4=C(C3)OCCO4)c2)C(O)N2CCOCC2)cc1. The third-order valence-electron chi connectivity index (χ3n) is 6.65. The second kappa shape index (κ2) is 10.5. The molecule has 184 valence electrons. The molecule has 35 heavy (non-hydrogen) atoms. The summed E-state index contributed by atoms with van der Waals surface area (Å²) in [5.41, 5.74) is 8.88. The third-order valence-corrected chi connectivity index (χ3v) is 6.65. The summed E-state index contributed by atoms with van der Waals surface area (Å²) in [4.78, 5) is 15.5. The smallest absolute Gasteiger partial charge is 0.248 e. The fourth-order valence-electron chi connectivity index (χ4n) is 4.69. The van der Waals surface area contributed by atoms with Crippen LogP contribution in [0, 0.1) is 0 Å². The average molecular weight is 478 g/mol. The largest absolute Gasteiger partial charge is 0.490 e. The topological polar surface area (TPSA) is 97.5 Å². The molecule has 8 nitrogen and oxygen atoms in total. The van der Waals surface area contributed by atoms with E-state index in [1.807, 2.05) is 40.1 Å². The Morgan fingerprint density at radius 2 is 1.86 bits per heavy atom. The van der Waals surface area contributed by atoms with Gasteiger partial charge in [0.1, 0.15) is 19.0 Å². The molecule has 2 unspecified atom stereocenters. The highest BCUT2D eigenvalue weighted by Crippen LogP contribution is 2.35. The minimum Gasteiger partial charge on any atom is -0.490 e. The molecule has 0 saturated carbocycles. The van der Waals surface area contributed by atoms with Crippen LogP contribution in [0.1, 0.15) is 33.8 Å². The molecule has 5 rings (SSSR count). The van der Waals surface area contributed by atoms with Gasteiger partial charge in [0.25, 0.3) is 0 Å². The van der Waals surface area contributed by atoms with Gasteiger partial charge in [-0.1, -0.05) is 30.3 Å². The first-order valence-corrected chi connectivity index (χ1v) is 12.0. The van der Waals surface area contributed by atoms with Gasteiger partial charge in [-0.15, -0.1) is 0 Å². The van der Waals surface area contributed by atoms with E-state index in [2.05, 4.69) is 18.2 Å². The van der Waals surface area contributed by atoms with Crippen molar-refractivity contribution in [2.45, 2.75) is 25.2 Å². The maximum absolute atomic E-state index is 11.5. The molecule has 2 atom stereocenters. The molecular formula is C27H31N3O5. The number of carbonyl (C=O) groups excluding carboxylic acids is 1. The predicted molar refractivity (Wildman–Crippen MR) is 131 cm³/mol. The Morgan fingerprint density at radius 1 is 1.09 bits per heavy atom. The number of ether oxygens (including phenoxy) is 3. The first-order chi connectivity index (χ1) is 17.1.